The van der Waals surface area contributed by atoms with Gasteiger partial charge >= 0.3 is 0 Å². The van der Waals surface area contributed by atoms with Crippen LogP contribution in [-0.4, -0.2) is 30.6 Å². The van der Waals surface area contributed by atoms with Crippen LogP contribution < -0.4 is 10.6 Å². The molecule has 0 aliphatic rings. The van der Waals surface area contributed by atoms with Gasteiger partial charge in [-0.25, -0.2) is 8.42 Å². The maximum absolute atomic E-state index is 11.9. The molecule has 2 aromatic rings. The quantitative estimate of drug-likeness (QED) is 0.902. The molecule has 0 aliphatic heterocycles. The monoisotopic (exact) mass is 326 g/mol. The van der Waals surface area contributed by atoms with Crippen LogP contribution in [0.1, 0.15) is 18.3 Å². The van der Waals surface area contributed by atoms with Crippen molar-refractivity contribution < 1.29 is 8.42 Å². The Bertz CT molecular complexity index is 740. The number of hydrogen-bond donors (Lipinski definition) is 1. The molecule has 8 heteroatoms. The number of hydrogen-bond acceptors (Lipinski definition) is 7. The molecule has 0 amide bonds. The predicted octanol–water partition coefficient (Wildman–Crippen LogP) is 1.86. The van der Waals surface area contributed by atoms with Crippen LogP contribution in [0, 0.1) is 6.92 Å². The van der Waals surface area contributed by atoms with Crippen molar-refractivity contribution in [3.8, 4) is 0 Å². The van der Waals surface area contributed by atoms with Crippen molar-refractivity contribution in [2.75, 3.05) is 23.4 Å². The zero-order valence-corrected chi connectivity index (χ0v) is 13.8. The maximum Gasteiger partial charge on any atom is 0.182 e. The lowest BCUT2D eigenvalue weighted by atomic mass is 10.3. The van der Waals surface area contributed by atoms with Gasteiger partial charge in [0.15, 0.2) is 15.7 Å². The van der Waals surface area contributed by atoms with Gasteiger partial charge in [0.25, 0.3) is 0 Å². The fourth-order valence-electron chi connectivity index (χ4n) is 2.05. The molecule has 0 bridgehead atoms. The molecule has 0 aliphatic carbocycles. The van der Waals surface area contributed by atoms with E-state index in [9.17, 15) is 8.42 Å². The molecule has 0 aromatic carbocycles. The average Bonchev–Trinajstić information content (AvgIpc) is 2.78. The lowest BCUT2D eigenvalue weighted by Crippen LogP contribution is -2.23. The molecular formula is C13H18N4O2S2. The van der Waals surface area contributed by atoms with E-state index in [1.165, 1.54) is 0 Å². The predicted molar refractivity (Wildman–Crippen MR) is 85.3 cm³/mol. The molecule has 2 aromatic heterocycles. The topological polar surface area (TPSA) is 89.2 Å². The van der Waals surface area contributed by atoms with E-state index in [0.29, 0.717) is 18.1 Å². The smallest absolute Gasteiger partial charge is 0.182 e. The van der Waals surface area contributed by atoms with Crippen LogP contribution in [-0.2, 0) is 16.4 Å². The SMILES string of the molecule is CCN(Cc1cccc(C)n1)c1snc(N)c1S(C)(=O)=O. The van der Waals surface area contributed by atoms with Crippen molar-refractivity contribution in [3.63, 3.8) is 0 Å². The summed E-state index contributed by atoms with van der Waals surface area (Å²) in [7, 11) is -3.42. The second kappa shape index (κ2) is 5.98. The van der Waals surface area contributed by atoms with Crippen LogP contribution in [0.25, 0.3) is 0 Å². The van der Waals surface area contributed by atoms with E-state index < -0.39 is 9.84 Å². The van der Waals surface area contributed by atoms with Crippen molar-refractivity contribution in [1.29, 1.82) is 0 Å². The third-order valence-electron chi connectivity index (χ3n) is 3.00. The number of nitrogens with two attached hydrogens (primary N) is 1. The molecule has 0 spiro atoms. The van der Waals surface area contributed by atoms with Crippen LogP contribution in [0.5, 0.6) is 0 Å². The third-order valence-corrected chi connectivity index (χ3v) is 5.19. The van der Waals surface area contributed by atoms with Gasteiger partial charge in [-0.15, -0.1) is 0 Å². The van der Waals surface area contributed by atoms with Crippen molar-refractivity contribution >= 4 is 32.2 Å². The first-order valence-corrected chi connectivity index (χ1v) is 9.12. The van der Waals surface area contributed by atoms with Gasteiger partial charge < -0.3 is 10.6 Å². The normalized spacial score (nSPS) is 11.6. The number of nitrogens with zero attached hydrogens (tertiary/aromatic N) is 3. The Labute approximate surface area is 128 Å². The Morgan fingerprint density at radius 3 is 2.67 bits per heavy atom. The Hall–Kier alpha value is -1.67. The summed E-state index contributed by atoms with van der Waals surface area (Å²) in [5.74, 6) is 0.0631. The zero-order valence-electron chi connectivity index (χ0n) is 12.2. The summed E-state index contributed by atoms with van der Waals surface area (Å²) in [4.78, 5) is 6.48. The maximum atomic E-state index is 11.9. The highest BCUT2D eigenvalue weighted by molar-refractivity contribution is 7.91. The summed E-state index contributed by atoms with van der Waals surface area (Å²) in [6, 6.07) is 5.77. The van der Waals surface area contributed by atoms with E-state index in [2.05, 4.69) is 9.36 Å². The highest BCUT2D eigenvalue weighted by Gasteiger charge is 2.25. The lowest BCUT2D eigenvalue weighted by Gasteiger charge is -2.21. The van der Waals surface area contributed by atoms with Crippen molar-refractivity contribution in [2.24, 2.45) is 0 Å². The van der Waals surface area contributed by atoms with Crippen molar-refractivity contribution in [1.82, 2.24) is 9.36 Å². The Morgan fingerprint density at radius 2 is 2.10 bits per heavy atom. The van der Waals surface area contributed by atoms with Crippen LogP contribution >= 0.6 is 11.5 Å². The molecule has 0 radical (unpaired) electrons. The fourth-order valence-corrected chi connectivity index (χ4v) is 4.31. The number of aromatic nitrogens is 2. The summed E-state index contributed by atoms with van der Waals surface area (Å²) in [5, 5.41) is 0.570. The zero-order chi connectivity index (χ0) is 15.6. The first kappa shape index (κ1) is 15.7. The number of anilines is 2. The number of pyridine rings is 1. The minimum absolute atomic E-state index is 0.0631. The molecule has 0 saturated heterocycles. The molecule has 0 fully saturated rings. The highest BCUT2D eigenvalue weighted by Crippen LogP contribution is 2.35. The molecule has 2 rings (SSSR count). The van der Waals surface area contributed by atoms with E-state index in [1.54, 1.807) is 0 Å². The minimum atomic E-state index is -3.42. The number of sulfone groups is 1. The fraction of sp³-hybridized carbons (Fsp3) is 0.385. The largest absolute Gasteiger partial charge is 0.382 e. The summed E-state index contributed by atoms with van der Waals surface area (Å²) in [6.07, 6.45) is 1.15. The van der Waals surface area contributed by atoms with Gasteiger partial charge in [-0.2, -0.15) is 4.37 Å². The summed E-state index contributed by atoms with van der Waals surface area (Å²) in [6.45, 7) is 5.03. The Balaban J connectivity index is 2.39. The van der Waals surface area contributed by atoms with E-state index in [-0.39, 0.29) is 10.7 Å². The van der Waals surface area contributed by atoms with Crippen LogP contribution in [0.2, 0.25) is 0 Å². The first-order valence-electron chi connectivity index (χ1n) is 6.45. The van der Waals surface area contributed by atoms with Gasteiger partial charge in [0, 0.05) is 18.5 Å². The molecule has 2 heterocycles. The molecule has 0 saturated carbocycles. The molecule has 6 nitrogen and oxygen atoms in total. The molecule has 21 heavy (non-hydrogen) atoms. The summed E-state index contributed by atoms with van der Waals surface area (Å²) < 4.78 is 27.8. The molecule has 0 unspecified atom stereocenters. The lowest BCUT2D eigenvalue weighted by molar-refractivity contribution is 0.602. The van der Waals surface area contributed by atoms with Gasteiger partial charge in [0.1, 0.15) is 9.90 Å². The Morgan fingerprint density at radius 1 is 1.38 bits per heavy atom. The first-order chi connectivity index (χ1) is 9.82. The standard InChI is InChI=1S/C13H18N4O2S2/c1-4-17(8-10-7-5-6-9(2)15-10)13-11(21(3,18)19)12(14)16-20-13/h5-7H,4,8H2,1-3H3,(H2,14,16). The molecular weight excluding hydrogens is 308 g/mol. The van der Waals surface area contributed by atoms with Crippen LogP contribution in [0.15, 0.2) is 23.1 Å². The number of rotatable bonds is 5. The number of nitrogen functional groups attached to an aromatic ring is 1. The van der Waals surface area contributed by atoms with Gasteiger partial charge in [0.2, 0.25) is 0 Å². The van der Waals surface area contributed by atoms with E-state index in [4.69, 9.17) is 5.73 Å². The average molecular weight is 326 g/mol. The van der Waals surface area contributed by atoms with Gasteiger partial charge in [-0.1, -0.05) is 6.07 Å². The van der Waals surface area contributed by atoms with E-state index >= 15 is 0 Å². The minimum Gasteiger partial charge on any atom is -0.382 e. The molecule has 2 N–H and O–H groups in total. The van der Waals surface area contributed by atoms with Crippen molar-refractivity contribution in [2.45, 2.75) is 25.3 Å². The second-order valence-corrected chi connectivity index (χ2v) is 7.46. The molecule has 0 atom stereocenters. The van der Waals surface area contributed by atoms with E-state index in [0.717, 1.165) is 29.2 Å². The summed E-state index contributed by atoms with van der Waals surface area (Å²) >= 11 is 1.10. The van der Waals surface area contributed by atoms with Crippen molar-refractivity contribution in [3.05, 3.63) is 29.6 Å². The number of aryl methyl sites for hydroxylation is 1. The molecule has 114 valence electrons. The van der Waals surface area contributed by atoms with Crippen LogP contribution in [0.4, 0.5) is 10.8 Å². The third kappa shape index (κ3) is 3.51. The summed E-state index contributed by atoms with van der Waals surface area (Å²) in [5.41, 5.74) is 7.52. The van der Waals surface area contributed by atoms with Gasteiger partial charge in [-0.3, -0.25) is 4.98 Å². The van der Waals surface area contributed by atoms with Gasteiger partial charge in [0.05, 0.1) is 12.2 Å². The second-order valence-electron chi connectivity index (χ2n) is 4.76. The highest BCUT2D eigenvalue weighted by atomic mass is 32.2. The van der Waals surface area contributed by atoms with Gasteiger partial charge in [-0.05, 0) is 37.5 Å². The van der Waals surface area contributed by atoms with E-state index in [1.807, 2.05) is 36.9 Å². The Kier molecular flexibility index (Phi) is 4.48. The van der Waals surface area contributed by atoms with Crippen LogP contribution in [0.3, 0.4) is 0 Å².